The summed E-state index contributed by atoms with van der Waals surface area (Å²) >= 11 is 0. The highest BCUT2D eigenvalue weighted by Crippen LogP contribution is 2.26. The van der Waals surface area contributed by atoms with Gasteiger partial charge in [-0.2, -0.15) is 5.23 Å². The number of fused-ring (bicyclic) bond motifs is 1. The SMILES string of the molecule is O=C1/C(=C\c2ccc([NH+]([O-])O)cc2)CCc2ccccc21. The van der Waals surface area contributed by atoms with Gasteiger partial charge in [-0.3, -0.25) is 4.79 Å². The molecule has 0 aromatic heterocycles. The van der Waals surface area contributed by atoms with E-state index in [1.807, 2.05) is 30.3 Å². The molecule has 1 aliphatic rings. The molecule has 0 radical (unpaired) electrons. The lowest BCUT2D eigenvalue weighted by Gasteiger charge is -2.17. The van der Waals surface area contributed by atoms with E-state index in [0.29, 0.717) is 0 Å². The molecule has 3 rings (SSSR count). The Labute approximate surface area is 122 Å². The second-order valence-corrected chi connectivity index (χ2v) is 5.08. The van der Waals surface area contributed by atoms with E-state index < -0.39 is 5.23 Å². The molecule has 0 bridgehead atoms. The smallest absolute Gasteiger partial charge is 0.189 e. The van der Waals surface area contributed by atoms with Crippen LogP contribution in [0.5, 0.6) is 0 Å². The first-order chi connectivity index (χ1) is 10.1. The average Bonchev–Trinajstić information content (AvgIpc) is 2.51. The van der Waals surface area contributed by atoms with Gasteiger partial charge in [0.1, 0.15) is 0 Å². The van der Waals surface area contributed by atoms with Gasteiger partial charge >= 0.3 is 0 Å². The van der Waals surface area contributed by atoms with Crippen molar-refractivity contribution in [2.75, 3.05) is 0 Å². The molecule has 106 valence electrons. The number of benzene rings is 2. The van der Waals surface area contributed by atoms with Gasteiger partial charge in [-0.25, -0.2) is 5.21 Å². The van der Waals surface area contributed by atoms with Gasteiger partial charge in [0, 0.05) is 23.3 Å². The molecule has 0 aliphatic heterocycles. The molecule has 4 nitrogen and oxygen atoms in total. The summed E-state index contributed by atoms with van der Waals surface area (Å²) in [7, 11) is 0. The van der Waals surface area contributed by atoms with E-state index in [2.05, 4.69) is 0 Å². The Morgan fingerprint density at radius 1 is 1.05 bits per heavy atom. The highest BCUT2D eigenvalue weighted by atomic mass is 16.8. The quantitative estimate of drug-likeness (QED) is 0.656. The van der Waals surface area contributed by atoms with E-state index in [1.54, 1.807) is 24.3 Å². The molecule has 1 aliphatic carbocycles. The van der Waals surface area contributed by atoms with E-state index in [9.17, 15) is 10.0 Å². The third-order valence-electron chi connectivity index (χ3n) is 3.72. The van der Waals surface area contributed by atoms with Crippen LogP contribution in [-0.2, 0) is 6.42 Å². The zero-order valence-electron chi connectivity index (χ0n) is 11.4. The first-order valence-electron chi connectivity index (χ1n) is 6.82. The molecule has 0 heterocycles. The van der Waals surface area contributed by atoms with Crippen molar-refractivity contribution in [3.05, 3.63) is 76.0 Å². The largest absolute Gasteiger partial charge is 0.595 e. The van der Waals surface area contributed by atoms with E-state index in [-0.39, 0.29) is 11.5 Å². The van der Waals surface area contributed by atoms with Crippen LogP contribution in [0.25, 0.3) is 6.08 Å². The van der Waals surface area contributed by atoms with Gasteiger partial charge in [0.25, 0.3) is 0 Å². The van der Waals surface area contributed by atoms with Gasteiger partial charge in [-0.1, -0.05) is 24.3 Å². The van der Waals surface area contributed by atoms with Crippen molar-refractivity contribution in [3.63, 3.8) is 0 Å². The first-order valence-corrected chi connectivity index (χ1v) is 6.82. The second-order valence-electron chi connectivity index (χ2n) is 5.08. The molecule has 1 unspecified atom stereocenters. The van der Waals surface area contributed by atoms with Gasteiger partial charge in [0.05, 0.1) is 0 Å². The van der Waals surface area contributed by atoms with Gasteiger partial charge in [-0.15, -0.1) is 0 Å². The Balaban J connectivity index is 1.89. The molecule has 0 fully saturated rings. The van der Waals surface area contributed by atoms with Crippen molar-refractivity contribution in [1.29, 1.82) is 0 Å². The average molecular weight is 281 g/mol. The Morgan fingerprint density at radius 3 is 2.48 bits per heavy atom. The van der Waals surface area contributed by atoms with Crippen molar-refractivity contribution < 1.29 is 15.2 Å². The predicted molar refractivity (Wildman–Crippen MR) is 79.3 cm³/mol. The molecule has 2 N–H and O–H groups in total. The van der Waals surface area contributed by atoms with Gasteiger partial charge in [-0.05, 0) is 42.2 Å². The molecule has 0 amide bonds. The monoisotopic (exact) mass is 281 g/mol. The standard InChI is InChI=1S/C17H15NO3/c19-17-14(8-7-13-3-1-2-4-16(13)17)11-12-5-9-15(10-6-12)18(20)21/h1-6,9-11,18,20H,7-8H2/b14-11-. The van der Waals surface area contributed by atoms with Gasteiger partial charge in [0.15, 0.2) is 11.5 Å². The van der Waals surface area contributed by atoms with Gasteiger partial charge < -0.3 is 5.21 Å². The minimum Gasteiger partial charge on any atom is -0.595 e. The minimum absolute atomic E-state index is 0.0687. The molecule has 21 heavy (non-hydrogen) atoms. The molecule has 1 atom stereocenters. The Kier molecular flexibility index (Phi) is 3.66. The number of rotatable bonds is 2. The summed E-state index contributed by atoms with van der Waals surface area (Å²) in [5, 5.41) is 18.8. The molecule has 4 heteroatoms. The molecular weight excluding hydrogens is 266 g/mol. The minimum atomic E-state index is -0.947. The Bertz CT molecular complexity index is 702. The maximum Gasteiger partial charge on any atom is 0.189 e. The van der Waals surface area contributed by atoms with E-state index in [1.165, 1.54) is 0 Å². The van der Waals surface area contributed by atoms with Crippen LogP contribution in [0, 0.1) is 5.21 Å². The number of hydrogen-bond acceptors (Lipinski definition) is 3. The number of aryl methyl sites for hydroxylation is 1. The third kappa shape index (κ3) is 2.78. The number of hydrogen-bond donors (Lipinski definition) is 2. The summed E-state index contributed by atoms with van der Waals surface area (Å²) in [4.78, 5) is 12.4. The summed E-state index contributed by atoms with van der Waals surface area (Å²) in [6.07, 6.45) is 3.43. The molecule has 2 aromatic rings. The van der Waals surface area contributed by atoms with Crippen LogP contribution in [0.3, 0.4) is 0 Å². The fourth-order valence-electron chi connectivity index (χ4n) is 2.58. The first kappa shape index (κ1) is 13.7. The van der Waals surface area contributed by atoms with Crippen LogP contribution in [-0.4, -0.2) is 11.0 Å². The Hall–Kier alpha value is -2.27. The van der Waals surface area contributed by atoms with Crippen molar-refractivity contribution in [3.8, 4) is 0 Å². The second kappa shape index (κ2) is 5.61. The maximum atomic E-state index is 12.4. The highest BCUT2D eigenvalue weighted by Gasteiger charge is 2.20. The number of ketones is 1. The number of carbonyl (C=O) groups is 1. The third-order valence-corrected chi connectivity index (χ3v) is 3.72. The summed E-state index contributed by atoms with van der Waals surface area (Å²) in [6.45, 7) is 0. The molecule has 0 spiro atoms. The summed E-state index contributed by atoms with van der Waals surface area (Å²) in [6, 6.07) is 14.2. The van der Waals surface area contributed by atoms with E-state index in [0.717, 1.165) is 35.1 Å². The fraction of sp³-hybridized carbons (Fsp3) is 0.118. The maximum absolute atomic E-state index is 12.4. The van der Waals surface area contributed by atoms with Crippen LogP contribution >= 0.6 is 0 Å². The molecule has 0 saturated heterocycles. The molecule has 0 saturated carbocycles. The van der Waals surface area contributed by atoms with Crippen LogP contribution in [0.2, 0.25) is 0 Å². The van der Waals surface area contributed by atoms with Crippen LogP contribution in [0.15, 0.2) is 54.1 Å². The highest BCUT2D eigenvalue weighted by molar-refractivity contribution is 6.13. The van der Waals surface area contributed by atoms with Crippen molar-refractivity contribution in [2.45, 2.75) is 12.8 Å². The topological polar surface area (TPSA) is 64.8 Å². The number of allylic oxidation sites excluding steroid dienone is 1. The van der Waals surface area contributed by atoms with E-state index >= 15 is 0 Å². The number of carbonyl (C=O) groups excluding carboxylic acids is 1. The summed E-state index contributed by atoms with van der Waals surface area (Å²) < 4.78 is 0. The molecular formula is C17H15NO3. The lowest BCUT2D eigenvalue weighted by molar-refractivity contribution is -0.991. The molecule has 2 aromatic carbocycles. The van der Waals surface area contributed by atoms with Gasteiger partial charge in [0.2, 0.25) is 0 Å². The fourth-order valence-corrected chi connectivity index (χ4v) is 2.58. The van der Waals surface area contributed by atoms with Crippen LogP contribution in [0.4, 0.5) is 5.69 Å². The van der Waals surface area contributed by atoms with Crippen LogP contribution in [0.1, 0.15) is 27.9 Å². The Morgan fingerprint density at radius 2 is 1.76 bits per heavy atom. The lowest BCUT2D eigenvalue weighted by Crippen LogP contribution is -2.99. The lowest BCUT2D eigenvalue weighted by atomic mass is 9.86. The summed E-state index contributed by atoms with van der Waals surface area (Å²) in [5.74, 6) is 0.0687. The van der Waals surface area contributed by atoms with Crippen molar-refractivity contribution in [1.82, 2.24) is 0 Å². The van der Waals surface area contributed by atoms with Crippen molar-refractivity contribution >= 4 is 17.5 Å². The van der Waals surface area contributed by atoms with Crippen LogP contribution < -0.4 is 5.23 Å². The predicted octanol–water partition coefficient (Wildman–Crippen LogP) is 2.30. The zero-order chi connectivity index (χ0) is 14.8. The zero-order valence-corrected chi connectivity index (χ0v) is 11.4. The number of quaternary nitrogens is 1. The van der Waals surface area contributed by atoms with E-state index in [4.69, 9.17) is 5.21 Å². The van der Waals surface area contributed by atoms with Crippen molar-refractivity contribution in [2.24, 2.45) is 0 Å². The summed E-state index contributed by atoms with van der Waals surface area (Å²) in [5.41, 5.74) is 3.75. The number of Topliss-reactive ketones (excluding diaryl/α,β-unsaturated/α-hetero) is 1. The number of nitrogens with one attached hydrogen (secondary N) is 1. The normalized spacial score (nSPS) is 17.6.